The number of hydrogen-bond acceptors (Lipinski definition) is 2. The normalized spacial score (nSPS) is 10.7. The van der Waals surface area contributed by atoms with E-state index >= 15 is 0 Å². The lowest BCUT2D eigenvalue weighted by Crippen LogP contribution is -2.06. The van der Waals surface area contributed by atoms with Crippen molar-refractivity contribution in [1.82, 2.24) is 19.1 Å². The van der Waals surface area contributed by atoms with Gasteiger partial charge in [0, 0.05) is 25.1 Å². The lowest BCUT2D eigenvalue weighted by Gasteiger charge is -2.07. The molecule has 2 heterocycles. The minimum absolute atomic E-state index is 0.847. The zero-order valence-electron chi connectivity index (χ0n) is 8.51. The van der Waals surface area contributed by atoms with Crippen LogP contribution >= 0.6 is 0 Å². The predicted octanol–water partition coefficient (Wildman–Crippen LogP) is 1.46. The average Bonchev–Trinajstić information content (AvgIpc) is 2.77. The molecule has 0 aromatic carbocycles. The van der Waals surface area contributed by atoms with Gasteiger partial charge < -0.3 is 9.13 Å². The zero-order valence-corrected chi connectivity index (χ0v) is 8.51. The molecular weight excluding hydrogens is 176 g/mol. The maximum absolute atomic E-state index is 4.19. The number of rotatable bonds is 3. The van der Waals surface area contributed by atoms with Crippen LogP contribution in [0, 0.1) is 6.92 Å². The molecule has 0 N–H and O–H groups in total. The van der Waals surface area contributed by atoms with Gasteiger partial charge in [0.2, 0.25) is 0 Å². The summed E-state index contributed by atoms with van der Waals surface area (Å²) in [6, 6.07) is 0. The summed E-state index contributed by atoms with van der Waals surface area (Å²) in [5, 5.41) is 0. The number of nitrogens with zero attached hydrogens (tertiary/aromatic N) is 4. The first-order valence-corrected chi connectivity index (χ1v) is 4.78. The van der Waals surface area contributed by atoms with E-state index < -0.39 is 0 Å². The maximum Gasteiger partial charge on any atom is 0.105 e. The van der Waals surface area contributed by atoms with Crippen molar-refractivity contribution in [2.75, 3.05) is 0 Å². The summed E-state index contributed by atoms with van der Waals surface area (Å²) in [7, 11) is 0. The minimum Gasteiger partial charge on any atom is -0.333 e. The van der Waals surface area contributed by atoms with E-state index in [1.807, 2.05) is 31.8 Å². The molecule has 0 radical (unpaired) electrons. The average molecular weight is 190 g/mol. The molecule has 0 aliphatic carbocycles. The molecule has 0 spiro atoms. The van der Waals surface area contributed by atoms with Gasteiger partial charge in [-0.25, -0.2) is 9.97 Å². The third-order valence-corrected chi connectivity index (χ3v) is 2.40. The Balaban J connectivity index is 2.22. The molecule has 2 aromatic heterocycles. The van der Waals surface area contributed by atoms with E-state index in [1.54, 1.807) is 0 Å². The molecule has 4 nitrogen and oxygen atoms in total. The molecule has 0 saturated carbocycles. The van der Waals surface area contributed by atoms with E-state index in [1.165, 1.54) is 5.69 Å². The van der Waals surface area contributed by atoms with Crippen molar-refractivity contribution in [3.05, 3.63) is 36.4 Å². The second-order valence-electron chi connectivity index (χ2n) is 3.27. The van der Waals surface area contributed by atoms with E-state index in [4.69, 9.17) is 0 Å². The SMILES string of the molecule is CCn1cncc1Cn1ccnc1C. The fourth-order valence-electron chi connectivity index (χ4n) is 1.51. The van der Waals surface area contributed by atoms with Crippen LogP contribution in [0.1, 0.15) is 18.4 Å². The summed E-state index contributed by atoms with van der Waals surface area (Å²) in [5.41, 5.74) is 1.22. The summed E-state index contributed by atoms with van der Waals surface area (Å²) >= 11 is 0. The molecule has 0 saturated heterocycles. The number of hydrogen-bond donors (Lipinski definition) is 0. The van der Waals surface area contributed by atoms with E-state index in [2.05, 4.69) is 26.0 Å². The quantitative estimate of drug-likeness (QED) is 0.734. The van der Waals surface area contributed by atoms with Crippen molar-refractivity contribution in [2.24, 2.45) is 0 Å². The van der Waals surface area contributed by atoms with Crippen LogP contribution in [0.4, 0.5) is 0 Å². The fourth-order valence-corrected chi connectivity index (χ4v) is 1.51. The molecule has 74 valence electrons. The Morgan fingerprint density at radius 2 is 2.21 bits per heavy atom. The predicted molar refractivity (Wildman–Crippen MR) is 54.0 cm³/mol. The Bertz CT molecular complexity index is 413. The first kappa shape index (κ1) is 8.99. The molecule has 0 atom stereocenters. The second-order valence-corrected chi connectivity index (χ2v) is 3.27. The largest absolute Gasteiger partial charge is 0.333 e. The van der Waals surface area contributed by atoms with Crippen LogP contribution in [0.2, 0.25) is 0 Å². The number of aryl methyl sites for hydroxylation is 2. The Morgan fingerprint density at radius 1 is 1.36 bits per heavy atom. The summed E-state index contributed by atoms with van der Waals surface area (Å²) in [6.07, 6.45) is 7.58. The molecule has 4 heteroatoms. The van der Waals surface area contributed by atoms with E-state index in [0.29, 0.717) is 0 Å². The third kappa shape index (κ3) is 1.55. The lowest BCUT2D eigenvalue weighted by atomic mass is 10.4. The Morgan fingerprint density at radius 3 is 2.86 bits per heavy atom. The van der Waals surface area contributed by atoms with Crippen molar-refractivity contribution in [2.45, 2.75) is 26.9 Å². The van der Waals surface area contributed by atoms with E-state index in [-0.39, 0.29) is 0 Å². The number of aromatic nitrogens is 4. The van der Waals surface area contributed by atoms with Crippen molar-refractivity contribution in [3.63, 3.8) is 0 Å². The minimum atomic E-state index is 0.847. The topological polar surface area (TPSA) is 35.6 Å². The van der Waals surface area contributed by atoms with Gasteiger partial charge in [-0.3, -0.25) is 0 Å². The molecule has 0 aliphatic rings. The van der Waals surface area contributed by atoms with Gasteiger partial charge in [-0.2, -0.15) is 0 Å². The molecule has 14 heavy (non-hydrogen) atoms. The summed E-state index contributed by atoms with van der Waals surface area (Å²) in [6.45, 7) is 5.93. The van der Waals surface area contributed by atoms with Crippen LogP contribution in [0.3, 0.4) is 0 Å². The van der Waals surface area contributed by atoms with E-state index in [0.717, 1.165) is 18.9 Å². The lowest BCUT2D eigenvalue weighted by molar-refractivity contribution is 0.658. The smallest absolute Gasteiger partial charge is 0.105 e. The molecule has 2 rings (SSSR count). The van der Waals surface area contributed by atoms with Crippen molar-refractivity contribution in [3.8, 4) is 0 Å². The Kier molecular flexibility index (Phi) is 2.35. The van der Waals surface area contributed by atoms with Crippen LogP contribution in [0.25, 0.3) is 0 Å². The van der Waals surface area contributed by atoms with Crippen LogP contribution in [0.15, 0.2) is 24.9 Å². The molecule has 0 amide bonds. The van der Waals surface area contributed by atoms with Crippen LogP contribution in [-0.2, 0) is 13.1 Å². The summed E-state index contributed by atoms with van der Waals surface area (Å²) in [5.74, 6) is 1.04. The molecule has 2 aromatic rings. The third-order valence-electron chi connectivity index (χ3n) is 2.40. The van der Waals surface area contributed by atoms with Gasteiger partial charge in [-0.05, 0) is 13.8 Å². The van der Waals surface area contributed by atoms with Crippen LogP contribution in [0.5, 0.6) is 0 Å². The highest BCUT2D eigenvalue weighted by atomic mass is 15.1. The van der Waals surface area contributed by atoms with Gasteiger partial charge in [0.1, 0.15) is 5.82 Å². The summed E-state index contributed by atoms with van der Waals surface area (Å²) < 4.78 is 4.25. The van der Waals surface area contributed by atoms with Gasteiger partial charge in [-0.1, -0.05) is 0 Å². The molecule has 0 bridgehead atoms. The zero-order chi connectivity index (χ0) is 9.97. The molecule has 0 unspecified atom stereocenters. The first-order chi connectivity index (χ1) is 6.81. The van der Waals surface area contributed by atoms with Gasteiger partial charge >= 0.3 is 0 Å². The highest BCUT2D eigenvalue weighted by Crippen LogP contribution is 2.04. The van der Waals surface area contributed by atoms with Crippen LogP contribution in [-0.4, -0.2) is 19.1 Å². The second kappa shape index (κ2) is 3.65. The van der Waals surface area contributed by atoms with Gasteiger partial charge in [0.25, 0.3) is 0 Å². The highest BCUT2D eigenvalue weighted by Gasteiger charge is 2.02. The monoisotopic (exact) mass is 190 g/mol. The Labute approximate surface area is 83.2 Å². The summed E-state index contributed by atoms with van der Waals surface area (Å²) in [4.78, 5) is 8.32. The van der Waals surface area contributed by atoms with Gasteiger partial charge in [0.05, 0.1) is 18.6 Å². The van der Waals surface area contributed by atoms with Crippen molar-refractivity contribution < 1.29 is 0 Å². The van der Waals surface area contributed by atoms with Gasteiger partial charge in [0.15, 0.2) is 0 Å². The van der Waals surface area contributed by atoms with Crippen molar-refractivity contribution >= 4 is 0 Å². The van der Waals surface area contributed by atoms with Gasteiger partial charge in [-0.15, -0.1) is 0 Å². The first-order valence-electron chi connectivity index (χ1n) is 4.78. The fraction of sp³-hybridized carbons (Fsp3) is 0.400. The molecule has 0 aliphatic heterocycles. The number of imidazole rings is 2. The highest BCUT2D eigenvalue weighted by molar-refractivity contribution is 5.02. The molecule has 0 fully saturated rings. The van der Waals surface area contributed by atoms with Crippen LogP contribution < -0.4 is 0 Å². The maximum atomic E-state index is 4.19. The van der Waals surface area contributed by atoms with E-state index in [9.17, 15) is 0 Å². The standard InChI is InChI=1S/C10H14N4/c1-3-13-8-11-6-10(13)7-14-5-4-12-9(14)2/h4-6,8H,3,7H2,1-2H3. The van der Waals surface area contributed by atoms with Crippen molar-refractivity contribution in [1.29, 1.82) is 0 Å². The molecular formula is C10H14N4. The Hall–Kier alpha value is -1.58.